The molecule has 1 aliphatic rings. The molecule has 0 saturated heterocycles. The summed E-state index contributed by atoms with van der Waals surface area (Å²) < 4.78 is 2.07. The van der Waals surface area contributed by atoms with Crippen molar-refractivity contribution in [2.75, 3.05) is 0 Å². The predicted octanol–water partition coefficient (Wildman–Crippen LogP) is 3.33. The highest BCUT2D eigenvalue weighted by Gasteiger charge is 2.49. The van der Waals surface area contributed by atoms with Crippen LogP contribution in [-0.4, -0.2) is 14.7 Å². The first-order valence-electron chi connectivity index (χ1n) is 6.92. The molecule has 1 heterocycles. The van der Waals surface area contributed by atoms with Crippen molar-refractivity contribution in [3.8, 4) is 0 Å². The SMILES string of the molecule is CCn1ccnc1C1(O)CC(C)(C)CC(C)(C)C1. The first kappa shape index (κ1) is 13.6. The van der Waals surface area contributed by atoms with E-state index in [-0.39, 0.29) is 10.8 Å². The second-order valence-corrected chi connectivity index (χ2v) is 7.43. The van der Waals surface area contributed by atoms with E-state index in [9.17, 15) is 5.11 Å². The molecule has 1 aliphatic carbocycles. The van der Waals surface area contributed by atoms with Crippen LogP contribution in [-0.2, 0) is 12.1 Å². The Morgan fingerprint density at radius 1 is 1.17 bits per heavy atom. The van der Waals surface area contributed by atoms with Gasteiger partial charge in [-0.1, -0.05) is 27.7 Å². The maximum Gasteiger partial charge on any atom is 0.140 e. The molecule has 1 saturated carbocycles. The fourth-order valence-corrected chi connectivity index (χ4v) is 4.20. The van der Waals surface area contributed by atoms with E-state index in [2.05, 4.69) is 44.2 Å². The molecule has 0 unspecified atom stereocenters. The number of aromatic nitrogens is 2. The Labute approximate surface area is 110 Å². The van der Waals surface area contributed by atoms with E-state index in [4.69, 9.17) is 0 Å². The summed E-state index contributed by atoms with van der Waals surface area (Å²) in [5.74, 6) is 0.839. The molecule has 3 heteroatoms. The van der Waals surface area contributed by atoms with Crippen LogP contribution < -0.4 is 0 Å². The maximum absolute atomic E-state index is 11.1. The lowest BCUT2D eigenvalue weighted by Gasteiger charge is -2.49. The lowest BCUT2D eigenvalue weighted by Crippen LogP contribution is -2.45. The Bertz CT molecular complexity index is 415. The van der Waals surface area contributed by atoms with Gasteiger partial charge in [-0.25, -0.2) is 4.98 Å². The molecule has 1 fully saturated rings. The summed E-state index contributed by atoms with van der Waals surface area (Å²) >= 11 is 0. The monoisotopic (exact) mass is 250 g/mol. The van der Waals surface area contributed by atoms with Crippen LogP contribution in [0.25, 0.3) is 0 Å². The standard InChI is InChI=1S/C15H26N2O/c1-6-17-8-7-16-12(17)15(18)10-13(2,3)9-14(4,5)11-15/h7-8,18H,6,9-11H2,1-5H3. The first-order chi connectivity index (χ1) is 8.18. The highest BCUT2D eigenvalue weighted by molar-refractivity contribution is 5.11. The van der Waals surface area contributed by atoms with Gasteiger partial charge in [0, 0.05) is 18.9 Å². The molecule has 1 N–H and O–H groups in total. The van der Waals surface area contributed by atoms with E-state index in [1.807, 2.05) is 6.20 Å². The van der Waals surface area contributed by atoms with Gasteiger partial charge in [-0.05, 0) is 37.0 Å². The van der Waals surface area contributed by atoms with Crippen LogP contribution in [0.3, 0.4) is 0 Å². The second kappa shape index (κ2) is 4.09. The summed E-state index contributed by atoms with van der Waals surface area (Å²) in [6.45, 7) is 11.9. The summed E-state index contributed by atoms with van der Waals surface area (Å²) in [6, 6.07) is 0. The molecule has 0 radical (unpaired) electrons. The number of imidazole rings is 1. The van der Waals surface area contributed by atoms with Gasteiger partial charge in [0.1, 0.15) is 11.4 Å². The minimum atomic E-state index is -0.787. The van der Waals surface area contributed by atoms with Gasteiger partial charge in [-0.3, -0.25) is 0 Å². The average molecular weight is 250 g/mol. The molecule has 0 spiro atoms. The molecule has 102 valence electrons. The summed E-state index contributed by atoms with van der Waals surface area (Å²) in [5.41, 5.74) is -0.479. The van der Waals surface area contributed by atoms with Crippen molar-refractivity contribution in [3.63, 3.8) is 0 Å². The highest BCUT2D eigenvalue weighted by atomic mass is 16.3. The van der Waals surface area contributed by atoms with Gasteiger partial charge in [0.2, 0.25) is 0 Å². The third-order valence-electron chi connectivity index (χ3n) is 3.97. The fraction of sp³-hybridized carbons (Fsp3) is 0.800. The molecule has 2 rings (SSSR count). The smallest absolute Gasteiger partial charge is 0.140 e. The summed E-state index contributed by atoms with van der Waals surface area (Å²) in [6.07, 6.45) is 6.49. The zero-order valence-corrected chi connectivity index (χ0v) is 12.3. The number of nitrogens with zero attached hydrogens (tertiary/aromatic N) is 2. The van der Waals surface area contributed by atoms with Crippen LogP contribution in [0.4, 0.5) is 0 Å². The van der Waals surface area contributed by atoms with E-state index < -0.39 is 5.60 Å². The van der Waals surface area contributed by atoms with E-state index in [1.54, 1.807) is 6.20 Å². The molecule has 0 bridgehead atoms. The zero-order valence-electron chi connectivity index (χ0n) is 12.3. The van der Waals surface area contributed by atoms with Gasteiger partial charge in [0.15, 0.2) is 0 Å². The number of aryl methyl sites for hydroxylation is 1. The number of hydrogen-bond acceptors (Lipinski definition) is 2. The Morgan fingerprint density at radius 3 is 2.22 bits per heavy atom. The minimum absolute atomic E-state index is 0.154. The van der Waals surface area contributed by atoms with Gasteiger partial charge >= 0.3 is 0 Å². The number of rotatable bonds is 2. The molecule has 0 amide bonds. The van der Waals surface area contributed by atoms with E-state index in [0.29, 0.717) is 0 Å². The van der Waals surface area contributed by atoms with Crippen molar-refractivity contribution < 1.29 is 5.11 Å². The molecule has 3 nitrogen and oxygen atoms in total. The lowest BCUT2D eigenvalue weighted by molar-refractivity contribution is -0.0985. The largest absolute Gasteiger partial charge is 0.382 e. The fourth-order valence-electron chi connectivity index (χ4n) is 4.20. The summed E-state index contributed by atoms with van der Waals surface area (Å²) in [7, 11) is 0. The molecule has 0 aromatic carbocycles. The van der Waals surface area contributed by atoms with Crippen LogP contribution >= 0.6 is 0 Å². The van der Waals surface area contributed by atoms with Crippen LogP contribution in [0.2, 0.25) is 0 Å². The summed E-state index contributed by atoms with van der Waals surface area (Å²) in [4.78, 5) is 4.43. The quantitative estimate of drug-likeness (QED) is 0.874. The summed E-state index contributed by atoms with van der Waals surface area (Å²) in [5, 5.41) is 11.1. The van der Waals surface area contributed by atoms with Crippen molar-refractivity contribution in [1.82, 2.24) is 9.55 Å². The number of aliphatic hydroxyl groups is 1. The Hall–Kier alpha value is -0.830. The van der Waals surface area contributed by atoms with Crippen molar-refractivity contribution in [2.45, 2.75) is 66.0 Å². The lowest BCUT2D eigenvalue weighted by atomic mass is 9.59. The normalized spacial score (nSPS) is 25.0. The third kappa shape index (κ3) is 2.46. The third-order valence-corrected chi connectivity index (χ3v) is 3.97. The molecule has 1 aromatic heterocycles. The average Bonchev–Trinajstić information content (AvgIpc) is 2.59. The topological polar surface area (TPSA) is 38.0 Å². The van der Waals surface area contributed by atoms with Gasteiger partial charge in [-0.15, -0.1) is 0 Å². The molecular weight excluding hydrogens is 224 g/mol. The molecule has 1 aromatic rings. The predicted molar refractivity (Wildman–Crippen MR) is 73.2 cm³/mol. The van der Waals surface area contributed by atoms with E-state index >= 15 is 0 Å². The van der Waals surface area contributed by atoms with Crippen molar-refractivity contribution in [3.05, 3.63) is 18.2 Å². The van der Waals surface area contributed by atoms with Crippen LogP contribution in [0.5, 0.6) is 0 Å². The highest BCUT2D eigenvalue weighted by Crippen LogP contribution is 2.53. The van der Waals surface area contributed by atoms with Crippen molar-refractivity contribution in [1.29, 1.82) is 0 Å². The van der Waals surface area contributed by atoms with Gasteiger partial charge in [0.25, 0.3) is 0 Å². The molecule has 0 atom stereocenters. The first-order valence-corrected chi connectivity index (χ1v) is 6.92. The van der Waals surface area contributed by atoms with Crippen molar-refractivity contribution in [2.24, 2.45) is 10.8 Å². The van der Waals surface area contributed by atoms with Crippen LogP contribution in [0, 0.1) is 10.8 Å². The molecule has 0 aliphatic heterocycles. The van der Waals surface area contributed by atoms with Gasteiger partial charge in [-0.2, -0.15) is 0 Å². The maximum atomic E-state index is 11.1. The van der Waals surface area contributed by atoms with E-state index in [0.717, 1.165) is 31.6 Å². The Kier molecular flexibility index (Phi) is 3.09. The molecular formula is C15H26N2O. The van der Waals surface area contributed by atoms with Crippen molar-refractivity contribution >= 4 is 0 Å². The second-order valence-electron chi connectivity index (χ2n) is 7.43. The van der Waals surface area contributed by atoms with E-state index in [1.165, 1.54) is 0 Å². The Balaban J connectivity index is 2.41. The van der Waals surface area contributed by atoms with Gasteiger partial charge in [0.05, 0.1) is 0 Å². The van der Waals surface area contributed by atoms with Crippen LogP contribution in [0.15, 0.2) is 12.4 Å². The zero-order chi connectivity index (χ0) is 13.6. The van der Waals surface area contributed by atoms with Crippen LogP contribution in [0.1, 0.15) is 59.7 Å². The Morgan fingerprint density at radius 2 is 1.72 bits per heavy atom. The minimum Gasteiger partial charge on any atom is -0.382 e. The number of hydrogen-bond donors (Lipinski definition) is 1. The molecule has 18 heavy (non-hydrogen) atoms. The van der Waals surface area contributed by atoms with Gasteiger partial charge < -0.3 is 9.67 Å².